The molecule has 0 bridgehead atoms. The third kappa shape index (κ3) is 6.05. The minimum Gasteiger partial charge on any atom is -0.305 e. The number of nitrogens with one attached hydrogen (secondary N) is 1. The predicted octanol–water partition coefficient (Wildman–Crippen LogP) is 2.60. The van der Waals surface area contributed by atoms with Gasteiger partial charge in [-0.15, -0.1) is 0 Å². The van der Waals surface area contributed by atoms with Crippen molar-refractivity contribution in [3.63, 3.8) is 0 Å². The van der Waals surface area contributed by atoms with E-state index in [0.29, 0.717) is 4.43 Å². The van der Waals surface area contributed by atoms with Crippen LogP contribution in [0.4, 0.5) is 13.2 Å². The summed E-state index contributed by atoms with van der Waals surface area (Å²) in [5.41, 5.74) is 0. The molecular weight excluding hydrogens is 282 g/mol. The van der Waals surface area contributed by atoms with Crippen molar-refractivity contribution in [1.82, 2.24) is 5.32 Å². The van der Waals surface area contributed by atoms with Crippen molar-refractivity contribution < 1.29 is 13.2 Å². The van der Waals surface area contributed by atoms with Gasteiger partial charge in [0.05, 0.1) is 6.54 Å². The van der Waals surface area contributed by atoms with Gasteiger partial charge in [0.15, 0.2) is 0 Å². The highest BCUT2D eigenvalue weighted by molar-refractivity contribution is 14.1. The lowest BCUT2D eigenvalue weighted by Crippen LogP contribution is -2.41. The maximum Gasteiger partial charge on any atom is 0.401 e. The third-order valence-electron chi connectivity index (χ3n) is 1.54. The molecular formula is C7H13F3IN. The zero-order valence-electron chi connectivity index (χ0n) is 7.08. The Morgan fingerprint density at radius 1 is 1.33 bits per heavy atom. The lowest BCUT2D eigenvalue weighted by molar-refractivity contribution is -0.126. The number of rotatable bonds is 4. The van der Waals surface area contributed by atoms with Crippen molar-refractivity contribution in [2.75, 3.05) is 11.0 Å². The van der Waals surface area contributed by atoms with Gasteiger partial charge >= 0.3 is 6.18 Å². The second kappa shape index (κ2) is 5.26. The van der Waals surface area contributed by atoms with Gasteiger partial charge in [-0.25, -0.2) is 0 Å². The normalized spacial score (nSPS) is 15.2. The maximum absolute atomic E-state index is 11.8. The topological polar surface area (TPSA) is 12.0 Å². The van der Waals surface area contributed by atoms with Gasteiger partial charge in [-0.05, 0) is 5.92 Å². The highest BCUT2D eigenvalue weighted by Crippen LogP contribution is 2.14. The lowest BCUT2D eigenvalue weighted by atomic mass is 10.1. The molecule has 1 nitrogen and oxygen atoms in total. The van der Waals surface area contributed by atoms with Gasteiger partial charge < -0.3 is 5.32 Å². The van der Waals surface area contributed by atoms with E-state index < -0.39 is 12.7 Å². The van der Waals surface area contributed by atoms with Gasteiger partial charge in [-0.3, -0.25) is 0 Å². The molecule has 0 radical (unpaired) electrons. The number of hydrogen-bond donors (Lipinski definition) is 1. The zero-order valence-corrected chi connectivity index (χ0v) is 9.24. The van der Waals surface area contributed by atoms with E-state index in [4.69, 9.17) is 0 Å². The maximum atomic E-state index is 11.8. The second-order valence-electron chi connectivity index (χ2n) is 3.00. The zero-order chi connectivity index (χ0) is 9.78. The van der Waals surface area contributed by atoms with Crippen molar-refractivity contribution in [2.45, 2.75) is 26.1 Å². The molecule has 12 heavy (non-hydrogen) atoms. The first kappa shape index (κ1) is 12.5. The monoisotopic (exact) mass is 295 g/mol. The fraction of sp³-hybridized carbons (Fsp3) is 1.00. The molecule has 0 aliphatic carbocycles. The molecule has 0 aromatic carbocycles. The van der Waals surface area contributed by atoms with Crippen LogP contribution >= 0.6 is 22.6 Å². The van der Waals surface area contributed by atoms with E-state index in [1.54, 1.807) is 0 Å². The number of alkyl halides is 4. The Bertz CT molecular complexity index is 124. The van der Waals surface area contributed by atoms with Crippen molar-refractivity contribution in [3.8, 4) is 0 Å². The molecule has 0 aliphatic heterocycles. The molecule has 74 valence electrons. The Kier molecular flexibility index (Phi) is 5.47. The highest BCUT2D eigenvalue weighted by atomic mass is 127. The van der Waals surface area contributed by atoms with Crippen molar-refractivity contribution in [2.24, 2.45) is 5.92 Å². The van der Waals surface area contributed by atoms with Gasteiger partial charge in [-0.1, -0.05) is 36.4 Å². The fourth-order valence-electron chi connectivity index (χ4n) is 0.715. The van der Waals surface area contributed by atoms with Crippen LogP contribution in [0.15, 0.2) is 0 Å². The van der Waals surface area contributed by atoms with Gasteiger partial charge in [0, 0.05) is 10.5 Å². The van der Waals surface area contributed by atoms with Gasteiger partial charge in [0.1, 0.15) is 0 Å². The summed E-state index contributed by atoms with van der Waals surface area (Å²) in [5, 5.41) is 2.48. The Hall–Kier alpha value is 0.480. The smallest absolute Gasteiger partial charge is 0.305 e. The minimum absolute atomic E-state index is 0.0489. The number of hydrogen-bond acceptors (Lipinski definition) is 1. The molecule has 0 aliphatic rings. The summed E-state index contributed by atoms with van der Waals surface area (Å²) in [5.74, 6) is 0.240. The summed E-state index contributed by atoms with van der Waals surface area (Å²) < 4.78 is 36.0. The largest absolute Gasteiger partial charge is 0.401 e. The van der Waals surface area contributed by atoms with E-state index in [0.717, 1.165) is 0 Å². The molecule has 0 saturated carbocycles. The molecule has 1 N–H and O–H groups in total. The second-order valence-corrected chi connectivity index (χ2v) is 3.88. The minimum atomic E-state index is -4.10. The quantitative estimate of drug-likeness (QED) is 0.621. The van der Waals surface area contributed by atoms with Crippen LogP contribution in [0.1, 0.15) is 13.8 Å². The standard InChI is InChI=1S/C7H13F3IN/c1-5(2)6(3-11)12-4-7(8,9)10/h5-6,12H,3-4H2,1-2H3. The summed E-state index contributed by atoms with van der Waals surface area (Å²) in [6.45, 7) is 2.93. The molecule has 0 spiro atoms. The summed E-state index contributed by atoms with van der Waals surface area (Å²) in [6.07, 6.45) is -4.10. The summed E-state index contributed by atoms with van der Waals surface area (Å²) >= 11 is 2.09. The van der Waals surface area contributed by atoms with Gasteiger partial charge in [0.2, 0.25) is 0 Å². The highest BCUT2D eigenvalue weighted by Gasteiger charge is 2.28. The van der Waals surface area contributed by atoms with Crippen molar-refractivity contribution in [3.05, 3.63) is 0 Å². The molecule has 0 saturated heterocycles. The van der Waals surface area contributed by atoms with Crippen LogP contribution in [-0.4, -0.2) is 23.2 Å². The first-order valence-electron chi connectivity index (χ1n) is 3.73. The fourth-order valence-corrected chi connectivity index (χ4v) is 2.04. The first-order chi connectivity index (χ1) is 5.37. The Morgan fingerprint density at radius 2 is 1.83 bits per heavy atom. The Morgan fingerprint density at radius 3 is 2.08 bits per heavy atom. The molecule has 0 fully saturated rings. The molecule has 0 aromatic heterocycles. The number of halogens is 4. The van der Waals surface area contributed by atoms with Crippen LogP contribution in [0.2, 0.25) is 0 Å². The summed E-state index contributed by atoms with van der Waals surface area (Å²) in [6, 6.07) is -0.0489. The molecule has 0 amide bonds. The van der Waals surface area contributed by atoms with E-state index >= 15 is 0 Å². The Labute approximate surface area is 84.2 Å². The van der Waals surface area contributed by atoms with Gasteiger partial charge in [0.25, 0.3) is 0 Å². The SMILES string of the molecule is CC(C)C(CI)NCC(F)(F)F. The average molecular weight is 295 g/mol. The van der Waals surface area contributed by atoms with E-state index in [1.165, 1.54) is 0 Å². The van der Waals surface area contributed by atoms with E-state index in [-0.39, 0.29) is 12.0 Å². The third-order valence-corrected chi connectivity index (χ3v) is 2.48. The van der Waals surface area contributed by atoms with Crippen LogP contribution in [0.25, 0.3) is 0 Å². The molecule has 0 aromatic rings. The molecule has 0 rings (SSSR count). The Balaban J connectivity index is 3.73. The van der Waals surface area contributed by atoms with Crippen LogP contribution < -0.4 is 5.32 Å². The van der Waals surface area contributed by atoms with E-state index in [9.17, 15) is 13.2 Å². The van der Waals surface area contributed by atoms with Crippen LogP contribution in [0.3, 0.4) is 0 Å². The van der Waals surface area contributed by atoms with Gasteiger partial charge in [-0.2, -0.15) is 13.2 Å². The molecule has 1 unspecified atom stereocenters. The summed E-state index contributed by atoms with van der Waals surface area (Å²) in [4.78, 5) is 0. The van der Waals surface area contributed by atoms with Crippen molar-refractivity contribution >= 4 is 22.6 Å². The van der Waals surface area contributed by atoms with Crippen LogP contribution in [0, 0.1) is 5.92 Å². The predicted molar refractivity (Wildman–Crippen MR) is 51.6 cm³/mol. The van der Waals surface area contributed by atoms with Crippen LogP contribution in [-0.2, 0) is 0 Å². The first-order valence-corrected chi connectivity index (χ1v) is 5.25. The van der Waals surface area contributed by atoms with Crippen LogP contribution in [0.5, 0.6) is 0 Å². The van der Waals surface area contributed by atoms with Crippen molar-refractivity contribution in [1.29, 1.82) is 0 Å². The van der Waals surface area contributed by atoms with E-state index in [1.807, 2.05) is 13.8 Å². The lowest BCUT2D eigenvalue weighted by Gasteiger charge is -2.20. The molecule has 0 heterocycles. The van der Waals surface area contributed by atoms with E-state index in [2.05, 4.69) is 27.9 Å². The molecule has 1 atom stereocenters. The molecule has 5 heteroatoms. The average Bonchev–Trinajstić information content (AvgIpc) is 1.85. The summed E-state index contributed by atoms with van der Waals surface area (Å²) in [7, 11) is 0.